The summed E-state index contributed by atoms with van der Waals surface area (Å²) in [6.07, 6.45) is 1.98. The van der Waals surface area contributed by atoms with Gasteiger partial charge in [0.1, 0.15) is 5.82 Å². The van der Waals surface area contributed by atoms with E-state index in [0.717, 1.165) is 24.9 Å². The molecular formula is C18H21FIN. The smallest absolute Gasteiger partial charge is 0.123 e. The number of nitrogens with one attached hydrogen (secondary N) is 1. The molecule has 0 aliphatic heterocycles. The number of halogens is 2. The monoisotopic (exact) mass is 397 g/mol. The summed E-state index contributed by atoms with van der Waals surface area (Å²) >= 11 is 2.38. The van der Waals surface area contributed by atoms with Crippen LogP contribution in [0.5, 0.6) is 0 Å². The van der Waals surface area contributed by atoms with E-state index in [4.69, 9.17) is 0 Å². The van der Waals surface area contributed by atoms with Crippen LogP contribution in [0.2, 0.25) is 0 Å². The SMILES string of the molecule is CCCNC(Cc1ccc(F)cc1C)c1ccccc1I. The zero-order chi connectivity index (χ0) is 15.2. The van der Waals surface area contributed by atoms with Crippen molar-refractivity contribution in [2.75, 3.05) is 6.54 Å². The topological polar surface area (TPSA) is 12.0 Å². The number of hydrogen-bond acceptors (Lipinski definition) is 1. The lowest BCUT2D eigenvalue weighted by atomic mass is 9.96. The Kier molecular flexibility index (Phi) is 6.18. The van der Waals surface area contributed by atoms with Crippen LogP contribution in [-0.4, -0.2) is 6.54 Å². The molecule has 0 aromatic heterocycles. The Morgan fingerprint density at radius 1 is 1.19 bits per heavy atom. The highest BCUT2D eigenvalue weighted by Gasteiger charge is 2.15. The van der Waals surface area contributed by atoms with E-state index < -0.39 is 0 Å². The summed E-state index contributed by atoms with van der Waals surface area (Å²) in [5.74, 6) is -0.163. The molecule has 1 nitrogen and oxygen atoms in total. The van der Waals surface area contributed by atoms with E-state index in [9.17, 15) is 4.39 Å². The summed E-state index contributed by atoms with van der Waals surface area (Å²) in [5, 5.41) is 3.62. The first-order valence-corrected chi connectivity index (χ1v) is 8.42. The summed E-state index contributed by atoms with van der Waals surface area (Å²) in [7, 11) is 0. The van der Waals surface area contributed by atoms with E-state index in [1.54, 1.807) is 12.1 Å². The van der Waals surface area contributed by atoms with E-state index >= 15 is 0 Å². The summed E-state index contributed by atoms with van der Waals surface area (Å²) in [6.45, 7) is 5.13. The normalized spacial score (nSPS) is 12.4. The third-order valence-electron chi connectivity index (χ3n) is 3.65. The Hall–Kier alpha value is -0.940. The van der Waals surface area contributed by atoms with Crippen molar-refractivity contribution in [1.29, 1.82) is 0 Å². The van der Waals surface area contributed by atoms with Crippen molar-refractivity contribution in [3.63, 3.8) is 0 Å². The van der Waals surface area contributed by atoms with E-state index in [1.807, 2.05) is 13.0 Å². The number of benzene rings is 2. The van der Waals surface area contributed by atoms with Crippen molar-refractivity contribution in [1.82, 2.24) is 5.32 Å². The lowest BCUT2D eigenvalue weighted by molar-refractivity contribution is 0.525. The standard InChI is InChI=1S/C18H21FIN/c1-3-10-21-18(16-6-4-5-7-17(16)20)12-14-8-9-15(19)11-13(14)2/h4-9,11,18,21H,3,10,12H2,1-2H3. The van der Waals surface area contributed by atoms with Crippen LogP contribution >= 0.6 is 22.6 Å². The van der Waals surface area contributed by atoms with Crippen LogP contribution in [-0.2, 0) is 6.42 Å². The fourth-order valence-electron chi connectivity index (χ4n) is 2.48. The Morgan fingerprint density at radius 3 is 2.62 bits per heavy atom. The maximum absolute atomic E-state index is 13.3. The van der Waals surface area contributed by atoms with Gasteiger partial charge in [-0.25, -0.2) is 4.39 Å². The quantitative estimate of drug-likeness (QED) is 0.675. The zero-order valence-corrected chi connectivity index (χ0v) is 14.7. The minimum absolute atomic E-state index is 0.163. The van der Waals surface area contributed by atoms with Gasteiger partial charge >= 0.3 is 0 Å². The van der Waals surface area contributed by atoms with Crippen LogP contribution in [0.15, 0.2) is 42.5 Å². The van der Waals surface area contributed by atoms with Gasteiger partial charge in [-0.15, -0.1) is 0 Å². The maximum Gasteiger partial charge on any atom is 0.123 e. The van der Waals surface area contributed by atoms with E-state index in [-0.39, 0.29) is 11.9 Å². The third-order valence-corrected chi connectivity index (χ3v) is 4.63. The van der Waals surface area contributed by atoms with Gasteiger partial charge in [0.15, 0.2) is 0 Å². The number of rotatable bonds is 6. The highest BCUT2D eigenvalue weighted by atomic mass is 127. The molecule has 3 heteroatoms. The van der Waals surface area contributed by atoms with Gasteiger partial charge in [-0.1, -0.05) is 31.2 Å². The third kappa shape index (κ3) is 4.51. The number of aryl methyl sites for hydroxylation is 1. The first-order chi connectivity index (χ1) is 10.1. The Balaban J connectivity index is 2.26. The average Bonchev–Trinajstić information content (AvgIpc) is 2.46. The van der Waals surface area contributed by atoms with Gasteiger partial charge in [0.05, 0.1) is 0 Å². The largest absolute Gasteiger partial charge is 0.310 e. The lowest BCUT2D eigenvalue weighted by Crippen LogP contribution is -2.25. The summed E-state index contributed by atoms with van der Waals surface area (Å²) < 4.78 is 14.5. The molecule has 1 N–H and O–H groups in total. The minimum atomic E-state index is -0.163. The highest BCUT2D eigenvalue weighted by molar-refractivity contribution is 14.1. The molecule has 0 spiro atoms. The van der Waals surface area contributed by atoms with Gasteiger partial charge in [0, 0.05) is 9.61 Å². The molecule has 0 aliphatic carbocycles. The fraction of sp³-hybridized carbons (Fsp3) is 0.333. The summed E-state index contributed by atoms with van der Waals surface area (Å²) in [4.78, 5) is 0. The molecule has 2 aromatic carbocycles. The predicted molar refractivity (Wildman–Crippen MR) is 95.0 cm³/mol. The van der Waals surface area contributed by atoms with Gasteiger partial charge in [-0.2, -0.15) is 0 Å². The van der Waals surface area contributed by atoms with Crippen LogP contribution in [0, 0.1) is 16.3 Å². The second kappa shape index (κ2) is 7.90. The molecule has 112 valence electrons. The maximum atomic E-state index is 13.3. The van der Waals surface area contributed by atoms with Crippen LogP contribution in [0.1, 0.15) is 36.1 Å². The molecule has 0 saturated heterocycles. The minimum Gasteiger partial charge on any atom is -0.310 e. The Labute approximate surface area is 140 Å². The molecule has 0 aliphatic rings. The lowest BCUT2D eigenvalue weighted by Gasteiger charge is -2.21. The first kappa shape index (κ1) is 16.4. The molecule has 0 saturated carbocycles. The molecule has 21 heavy (non-hydrogen) atoms. The molecule has 1 unspecified atom stereocenters. The molecular weight excluding hydrogens is 376 g/mol. The Bertz CT molecular complexity index is 598. The molecule has 0 amide bonds. The molecule has 2 rings (SSSR count). The molecule has 2 aromatic rings. The van der Waals surface area contributed by atoms with Gasteiger partial charge in [-0.05, 0) is 83.8 Å². The van der Waals surface area contributed by atoms with Crippen molar-refractivity contribution in [3.05, 3.63) is 68.5 Å². The first-order valence-electron chi connectivity index (χ1n) is 7.34. The van der Waals surface area contributed by atoms with E-state index in [2.05, 4.69) is 59.1 Å². The van der Waals surface area contributed by atoms with Gasteiger partial charge in [-0.3, -0.25) is 0 Å². The van der Waals surface area contributed by atoms with Gasteiger partial charge < -0.3 is 5.32 Å². The van der Waals surface area contributed by atoms with E-state index in [1.165, 1.54) is 14.7 Å². The summed E-state index contributed by atoms with van der Waals surface area (Å²) in [5.41, 5.74) is 3.53. The second-order valence-electron chi connectivity index (χ2n) is 5.30. The van der Waals surface area contributed by atoms with Crippen molar-refractivity contribution in [3.8, 4) is 0 Å². The zero-order valence-electron chi connectivity index (χ0n) is 12.5. The van der Waals surface area contributed by atoms with Crippen LogP contribution in [0.3, 0.4) is 0 Å². The van der Waals surface area contributed by atoms with E-state index in [0.29, 0.717) is 0 Å². The van der Waals surface area contributed by atoms with Crippen molar-refractivity contribution in [2.24, 2.45) is 0 Å². The summed E-state index contributed by atoms with van der Waals surface area (Å²) in [6, 6.07) is 13.8. The number of hydrogen-bond donors (Lipinski definition) is 1. The molecule has 0 radical (unpaired) electrons. The average molecular weight is 397 g/mol. The van der Waals surface area contributed by atoms with Gasteiger partial charge in [0.25, 0.3) is 0 Å². The molecule has 0 bridgehead atoms. The van der Waals surface area contributed by atoms with Crippen LogP contribution in [0.4, 0.5) is 4.39 Å². The Morgan fingerprint density at radius 2 is 1.95 bits per heavy atom. The second-order valence-corrected chi connectivity index (χ2v) is 6.47. The molecule has 1 atom stereocenters. The molecule has 0 fully saturated rings. The van der Waals surface area contributed by atoms with Crippen molar-refractivity contribution in [2.45, 2.75) is 32.7 Å². The van der Waals surface area contributed by atoms with Crippen LogP contribution < -0.4 is 5.32 Å². The molecule has 0 heterocycles. The van der Waals surface area contributed by atoms with Crippen molar-refractivity contribution < 1.29 is 4.39 Å². The predicted octanol–water partition coefficient (Wildman–Crippen LogP) is 5.02. The van der Waals surface area contributed by atoms with Gasteiger partial charge in [0.2, 0.25) is 0 Å². The fourth-order valence-corrected chi connectivity index (χ4v) is 3.24. The van der Waals surface area contributed by atoms with Crippen molar-refractivity contribution >= 4 is 22.6 Å². The highest BCUT2D eigenvalue weighted by Crippen LogP contribution is 2.25. The van der Waals surface area contributed by atoms with Crippen LogP contribution in [0.25, 0.3) is 0 Å².